The van der Waals surface area contributed by atoms with Crippen LogP contribution in [0.15, 0.2) is 53.1 Å². The van der Waals surface area contributed by atoms with Gasteiger partial charge in [0.15, 0.2) is 0 Å². The van der Waals surface area contributed by atoms with E-state index in [2.05, 4.69) is 50.9 Å². The van der Waals surface area contributed by atoms with E-state index in [0.717, 1.165) is 54.5 Å². The molecular formula is C23H24BrFN2O. The highest BCUT2D eigenvalue weighted by molar-refractivity contribution is 9.10. The van der Waals surface area contributed by atoms with Crippen molar-refractivity contribution in [2.45, 2.75) is 39.0 Å². The summed E-state index contributed by atoms with van der Waals surface area (Å²) in [6, 6.07) is 13.6. The molecule has 1 saturated heterocycles. The normalized spacial score (nSPS) is 16.9. The summed E-state index contributed by atoms with van der Waals surface area (Å²) in [6.45, 7) is 5.39. The zero-order chi connectivity index (χ0) is 19.5. The number of pyridine rings is 1. The summed E-state index contributed by atoms with van der Waals surface area (Å²) in [5.74, 6) is -0.274. The van der Waals surface area contributed by atoms with Gasteiger partial charge in [-0.05, 0) is 54.7 Å². The standard InChI is InChI=1S/C23H24BrFN2O/c1-16-7-8-19(21(24)10-16)14-27(15-20-5-3-9-28-20)13-17-11-18-4-2-6-22(25)23(18)26-12-17/h2,4,6-8,10-12,20H,3,5,9,13-15H2,1H3. The molecule has 0 amide bonds. The minimum atomic E-state index is -0.274. The molecule has 1 atom stereocenters. The van der Waals surface area contributed by atoms with Crippen LogP contribution < -0.4 is 0 Å². The molecule has 1 aliphatic heterocycles. The first-order valence-electron chi connectivity index (χ1n) is 9.70. The molecule has 2 heterocycles. The summed E-state index contributed by atoms with van der Waals surface area (Å²) in [5, 5.41) is 0.839. The van der Waals surface area contributed by atoms with Crippen molar-refractivity contribution >= 4 is 26.8 Å². The Morgan fingerprint density at radius 2 is 2.11 bits per heavy atom. The second-order valence-corrected chi connectivity index (χ2v) is 8.41. The first-order valence-corrected chi connectivity index (χ1v) is 10.5. The van der Waals surface area contributed by atoms with E-state index in [9.17, 15) is 4.39 Å². The number of halogens is 2. The molecule has 0 saturated carbocycles. The van der Waals surface area contributed by atoms with Crippen LogP contribution in [0.1, 0.15) is 29.5 Å². The van der Waals surface area contributed by atoms with E-state index in [1.807, 2.05) is 12.1 Å². The lowest BCUT2D eigenvalue weighted by Gasteiger charge is -2.26. The van der Waals surface area contributed by atoms with Gasteiger partial charge in [-0.1, -0.05) is 40.2 Å². The Morgan fingerprint density at radius 3 is 2.89 bits per heavy atom. The fourth-order valence-corrected chi connectivity index (χ4v) is 4.42. The Labute approximate surface area is 173 Å². The Kier molecular flexibility index (Phi) is 6.04. The molecule has 0 N–H and O–H groups in total. The van der Waals surface area contributed by atoms with Crippen LogP contribution in [0.3, 0.4) is 0 Å². The summed E-state index contributed by atoms with van der Waals surface area (Å²) in [4.78, 5) is 6.76. The minimum Gasteiger partial charge on any atom is -0.377 e. The van der Waals surface area contributed by atoms with Crippen molar-refractivity contribution in [2.24, 2.45) is 0 Å². The number of hydrogen-bond acceptors (Lipinski definition) is 3. The van der Waals surface area contributed by atoms with E-state index in [4.69, 9.17) is 4.74 Å². The largest absolute Gasteiger partial charge is 0.377 e. The van der Waals surface area contributed by atoms with Crippen molar-refractivity contribution in [3.05, 3.63) is 75.6 Å². The molecule has 2 aromatic carbocycles. The number of ether oxygens (including phenoxy) is 1. The lowest BCUT2D eigenvalue weighted by atomic mass is 10.1. The van der Waals surface area contributed by atoms with E-state index >= 15 is 0 Å². The summed E-state index contributed by atoms with van der Waals surface area (Å²) >= 11 is 3.70. The van der Waals surface area contributed by atoms with Gasteiger partial charge in [-0.2, -0.15) is 0 Å². The topological polar surface area (TPSA) is 25.4 Å². The second-order valence-electron chi connectivity index (χ2n) is 7.55. The predicted octanol–water partition coefficient (Wildman–Crippen LogP) is 5.63. The lowest BCUT2D eigenvalue weighted by molar-refractivity contribution is 0.0678. The Bertz CT molecular complexity index is 972. The maximum atomic E-state index is 13.9. The number of hydrogen-bond donors (Lipinski definition) is 0. The van der Waals surface area contributed by atoms with Crippen molar-refractivity contribution in [1.29, 1.82) is 0 Å². The van der Waals surface area contributed by atoms with Gasteiger partial charge in [0.25, 0.3) is 0 Å². The van der Waals surface area contributed by atoms with E-state index in [1.54, 1.807) is 12.3 Å². The number of nitrogens with zero attached hydrogens (tertiary/aromatic N) is 2. The molecule has 1 fully saturated rings. The minimum absolute atomic E-state index is 0.273. The zero-order valence-electron chi connectivity index (χ0n) is 16.0. The molecule has 3 nitrogen and oxygen atoms in total. The fourth-order valence-electron chi connectivity index (χ4n) is 3.80. The number of aryl methyl sites for hydroxylation is 1. The Morgan fingerprint density at radius 1 is 1.21 bits per heavy atom. The molecule has 1 unspecified atom stereocenters. The first-order chi connectivity index (χ1) is 13.6. The molecule has 0 radical (unpaired) electrons. The monoisotopic (exact) mass is 442 g/mol. The third-order valence-corrected chi connectivity index (χ3v) is 5.95. The van der Waals surface area contributed by atoms with Crippen LogP contribution in [0, 0.1) is 12.7 Å². The molecule has 4 rings (SSSR count). The lowest BCUT2D eigenvalue weighted by Crippen LogP contribution is -2.31. The van der Waals surface area contributed by atoms with Gasteiger partial charge in [-0.25, -0.2) is 4.39 Å². The Hall–Kier alpha value is -1.82. The number of fused-ring (bicyclic) bond motifs is 1. The SMILES string of the molecule is Cc1ccc(CN(Cc2cnc3c(F)cccc3c2)CC2CCCO2)c(Br)c1. The second kappa shape index (κ2) is 8.68. The van der Waals surface area contributed by atoms with Crippen LogP contribution in [0.5, 0.6) is 0 Å². The third-order valence-electron chi connectivity index (χ3n) is 5.21. The van der Waals surface area contributed by atoms with Gasteiger partial charge in [0.2, 0.25) is 0 Å². The van der Waals surface area contributed by atoms with Gasteiger partial charge in [-0.15, -0.1) is 0 Å². The van der Waals surface area contributed by atoms with Gasteiger partial charge >= 0.3 is 0 Å². The van der Waals surface area contributed by atoms with Crippen LogP contribution in [0.2, 0.25) is 0 Å². The maximum absolute atomic E-state index is 13.9. The molecule has 146 valence electrons. The van der Waals surface area contributed by atoms with Crippen LogP contribution in [-0.2, 0) is 17.8 Å². The van der Waals surface area contributed by atoms with Crippen LogP contribution in [0.4, 0.5) is 4.39 Å². The maximum Gasteiger partial charge on any atom is 0.149 e. The van der Waals surface area contributed by atoms with Crippen molar-refractivity contribution in [1.82, 2.24) is 9.88 Å². The smallest absolute Gasteiger partial charge is 0.149 e. The summed E-state index contributed by atoms with van der Waals surface area (Å²) in [5.41, 5.74) is 4.00. The molecule has 1 aliphatic rings. The van der Waals surface area contributed by atoms with Crippen molar-refractivity contribution in [3.63, 3.8) is 0 Å². The molecule has 3 aromatic rings. The Balaban J connectivity index is 1.57. The van der Waals surface area contributed by atoms with Gasteiger partial charge in [0, 0.05) is 42.3 Å². The molecule has 28 heavy (non-hydrogen) atoms. The molecule has 5 heteroatoms. The highest BCUT2D eigenvalue weighted by Crippen LogP contribution is 2.24. The van der Waals surface area contributed by atoms with Crippen LogP contribution >= 0.6 is 15.9 Å². The van der Waals surface area contributed by atoms with E-state index < -0.39 is 0 Å². The van der Waals surface area contributed by atoms with Gasteiger partial charge in [0.05, 0.1) is 6.10 Å². The summed E-state index contributed by atoms with van der Waals surface area (Å²) in [7, 11) is 0. The van der Waals surface area contributed by atoms with E-state index in [1.165, 1.54) is 17.2 Å². The van der Waals surface area contributed by atoms with Gasteiger partial charge in [0.1, 0.15) is 11.3 Å². The first kappa shape index (κ1) is 19.5. The third kappa shape index (κ3) is 4.59. The highest BCUT2D eigenvalue weighted by atomic mass is 79.9. The van der Waals surface area contributed by atoms with Gasteiger partial charge < -0.3 is 4.74 Å². The predicted molar refractivity (Wildman–Crippen MR) is 114 cm³/mol. The quantitative estimate of drug-likeness (QED) is 0.494. The van der Waals surface area contributed by atoms with Crippen molar-refractivity contribution < 1.29 is 9.13 Å². The average Bonchev–Trinajstić information content (AvgIpc) is 3.17. The van der Waals surface area contributed by atoms with Crippen molar-refractivity contribution in [3.8, 4) is 0 Å². The number of benzene rings is 2. The van der Waals surface area contributed by atoms with E-state index in [-0.39, 0.29) is 11.9 Å². The summed E-state index contributed by atoms with van der Waals surface area (Å²) in [6.07, 6.45) is 4.30. The molecule has 0 aliphatic carbocycles. The van der Waals surface area contributed by atoms with E-state index in [0.29, 0.717) is 5.52 Å². The zero-order valence-corrected chi connectivity index (χ0v) is 17.6. The fraction of sp³-hybridized carbons (Fsp3) is 0.348. The number of para-hydroxylation sites is 1. The number of rotatable bonds is 6. The average molecular weight is 443 g/mol. The van der Waals surface area contributed by atoms with Crippen molar-refractivity contribution in [2.75, 3.05) is 13.2 Å². The number of aromatic nitrogens is 1. The van der Waals surface area contributed by atoms with Crippen LogP contribution in [-0.4, -0.2) is 29.1 Å². The molecule has 0 spiro atoms. The molecule has 0 bridgehead atoms. The molecular weight excluding hydrogens is 419 g/mol. The summed E-state index contributed by atoms with van der Waals surface area (Å²) < 4.78 is 20.9. The highest BCUT2D eigenvalue weighted by Gasteiger charge is 2.20. The van der Waals surface area contributed by atoms with Crippen LogP contribution in [0.25, 0.3) is 10.9 Å². The van der Waals surface area contributed by atoms with Gasteiger partial charge in [-0.3, -0.25) is 9.88 Å². The molecule has 1 aromatic heterocycles.